The van der Waals surface area contributed by atoms with Crippen molar-refractivity contribution < 1.29 is 9.59 Å². The fraction of sp³-hybridized carbons (Fsp3) is 0.200. The number of nitrogen functional groups attached to an aromatic ring is 1. The van der Waals surface area contributed by atoms with Crippen LogP contribution in [0.3, 0.4) is 0 Å². The van der Waals surface area contributed by atoms with Crippen molar-refractivity contribution in [3.05, 3.63) is 91.9 Å². The van der Waals surface area contributed by atoms with E-state index in [2.05, 4.69) is 5.32 Å². The molecule has 2 atom stereocenters. The molecule has 4 rings (SSSR count). The molecule has 0 aromatic heterocycles. The lowest BCUT2D eigenvalue weighted by atomic mass is 9.98. The highest BCUT2D eigenvalue weighted by molar-refractivity contribution is 6.53. The Balaban J connectivity index is 1.52. The average Bonchev–Trinajstić information content (AvgIpc) is 3.33. The molecule has 0 unspecified atom stereocenters. The third kappa shape index (κ3) is 5.17. The first-order chi connectivity index (χ1) is 16.0. The second kappa shape index (κ2) is 9.60. The third-order valence-electron chi connectivity index (χ3n) is 5.83. The Morgan fingerprint density at radius 1 is 0.971 bits per heavy atom. The van der Waals surface area contributed by atoms with Gasteiger partial charge in [0.2, 0.25) is 5.91 Å². The van der Waals surface area contributed by atoms with Gasteiger partial charge < -0.3 is 11.1 Å². The van der Waals surface area contributed by atoms with Gasteiger partial charge in [-0.25, -0.2) is 0 Å². The molecular formula is C25H19Cl5N2O2. The highest BCUT2D eigenvalue weighted by Gasteiger charge is 2.67. The van der Waals surface area contributed by atoms with Crippen molar-refractivity contribution in [2.75, 3.05) is 11.1 Å². The highest BCUT2D eigenvalue weighted by Crippen LogP contribution is 2.65. The Kier molecular flexibility index (Phi) is 7.10. The predicted octanol–water partition coefficient (Wildman–Crippen LogP) is 7.49. The minimum absolute atomic E-state index is 0.149. The number of nitrogens with one attached hydrogen (secondary N) is 1. The number of nitrogens with two attached hydrogens (primary N) is 1. The first-order valence-electron chi connectivity index (χ1n) is 10.3. The minimum atomic E-state index is -1.31. The fourth-order valence-corrected chi connectivity index (χ4v) is 5.64. The van der Waals surface area contributed by atoms with Crippen LogP contribution in [0.2, 0.25) is 15.1 Å². The normalized spacial score (nSPS) is 18.4. The molecule has 1 saturated carbocycles. The lowest BCUT2D eigenvalue weighted by Crippen LogP contribution is -2.17. The van der Waals surface area contributed by atoms with E-state index in [1.54, 1.807) is 42.5 Å². The number of hydrogen-bond donors (Lipinski definition) is 2. The van der Waals surface area contributed by atoms with E-state index < -0.39 is 16.2 Å². The van der Waals surface area contributed by atoms with Gasteiger partial charge in [-0.05, 0) is 72.1 Å². The summed E-state index contributed by atoms with van der Waals surface area (Å²) >= 11 is 31.3. The SMILES string of the molecule is Cc1cc(N)ccc1CC(=O)c1cc(NC(=O)[C@@H]2[C@@H](c3cc(Cl)cc(Cl)c3)C2(Cl)Cl)ccc1Cl. The zero-order valence-corrected chi connectivity index (χ0v) is 21.6. The van der Waals surface area contributed by atoms with Crippen LogP contribution in [-0.2, 0) is 11.2 Å². The third-order valence-corrected chi connectivity index (χ3v) is 7.54. The molecule has 3 aromatic rings. The zero-order valence-electron chi connectivity index (χ0n) is 17.8. The van der Waals surface area contributed by atoms with E-state index >= 15 is 0 Å². The number of benzene rings is 3. The van der Waals surface area contributed by atoms with Crippen LogP contribution < -0.4 is 11.1 Å². The summed E-state index contributed by atoms with van der Waals surface area (Å²) in [5.41, 5.74) is 9.56. The van der Waals surface area contributed by atoms with Gasteiger partial charge in [-0.2, -0.15) is 0 Å². The second-order valence-corrected chi connectivity index (χ2v) is 11.0. The summed E-state index contributed by atoms with van der Waals surface area (Å²) in [6.07, 6.45) is 0.149. The van der Waals surface area contributed by atoms with E-state index in [4.69, 9.17) is 63.7 Å². The van der Waals surface area contributed by atoms with Crippen molar-refractivity contribution in [1.29, 1.82) is 0 Å². The largest absolute Gasteiger partial charge is 0.399 e. The molecule has 34 heavy (non-hydrogen) atoms. The number of Topliss-reactive ketones (excluding diaryl/α,β-unsaturated/α-hetero) is 1. The maximum atomic E-state index is 13.0. The summed E-state index contributed by atoms with van der Waals surface area (Å²) in [5.74, 6) is -1.77. The van der Waals surface area contributed by atoms with Gasteiger partial charge in [-0.1, -0.05) is 40.9 Å². The molecule has 0 aliphatic heterocycles. The van der Waals surface area contributed by atoms with Crippen LogP contribution in [0, 0.1) is 12.8 Å². The lowest BCUT2D eigenvalue weighted by Gasteiger charge is -2.10. The topological polar surface area (TPSA) is 72.2 Å². The van der Waals surface area contributed by atoms with Crippen LogP contribution in [0.4, 0.5) is 11.4 Å². The van der Waals surface area contributed by atoms with E-state index in [0.29, 0.717) is 32.5 Å². The number of ketones is 1. The highest BCUT2D eigenvalue weighted by atomic mass is 35.5. The van der Waals surface area contributed by atoms with Crippen LogP contribution in [-0.4, -0.2) is 16.0 Å². The number of carbonyl (C=O) groups is 2. The second-order valence-electron chi connectivity index (χ2n) is 8.30. The van der Waals surface area contributed by atoms with Crippen molar-refractivity contribution in [1.82, 2.24) is 0 Å². The standard InChI is InChI=1S/C25H19Cl5N2O2/c1-12-6-17(31)3-2-13(12)9-21(33)19-11-18(4-5-20(19)28)32-24(34)23-22(25(23,29)30)14-7-15(26)10-16(27)8-14/h2-8,10-11,22-23H,9,31H2,1H3,(H,32,34)/t22-,23+/m1/s1. The molecule has 3 aromatic carbocycles. The molecule has 0 radical (unpaired) electrons. The lowest BCUT2D eigenvalue weighted by molar-refractivity contribution is -0.117. The van der Waals surface area contributed by atoms with Crippen LogP contribution >= 0.6 is 58.0 Å². The monoisotopic (exact) mass is 554 g/mol. The fourth-order valence-electron chi connectivity index (χ4n) is 4.04. The van der Waals surface area contributed by atoms with Crippen molar-refractivity contribution in [3.8, 4) is 0 Å². The Bertz CT molecular complexity index is 1290. The summed E-state index contributed by atoms with van der Waals surface area (Å²) < 4.78 is -1.31. The molecule has 4 nitrogen and oxygen atoms in total. The number of aryl methyl sites for hydroxylation is 1. The van der Waals surface area contributed by atoms with E-state index in [1.165, 1.54) is 0 Å². The maximum Gasteiger partial charge on any atom is 0.231 e. The molecule has 1 amide bonds. The summed E-state index contributed by atoms with van der Waals surface area (Å²) in [7, 11) is 0. The molecule has 0 heterocycles. The van der Waals surface area contributed by atoms with E-state index in [-0.39, 0.29) is 23.1 Å². The Hall–Kier alpha value is -1.95. The number of amides is 1. The summed E-state index contributed by atoms with van der Waals surface area (Å²) in [5, 5.41) is 3.93. The molecule has 1 aliphatic rings. The van der Waals surface area contributed by atoms with Crippen LogP contribution in [0.25, 0.3) is 0 Å². The van der Waals surface area contributed by atoms with Crippen molar-refractivity contribution in [2.24, 2.45) is 5.92 Å². The Labute approximate surface area is 222 Å². The average molecular weight is 557 g/mol. The van der Waals surface area contributed by atoms with E-state index in [9.17, 15) is 9.59 Å². The molecule has 0 saturated heterocycles. The van der Waals surface area contributed by atoms with Gasteiger partial charge in [0.25, 0.3) is 0 Å². The molecule has 0 bridgehead atoms. The van der Waals surface area contributed by atoms with Gasteiger partial charge in [-0.3, -0.25) is 9.59 Å². The number of carbonyl (C=O) groups excluding carboxylic acids is 2. The van der Waals surface area contributed by atoms with Gasteiger partial charge in [0.1, 0.15) is 4.33 Å². The quantitative estimate of drug-likeness (QED) is 0.188. The summed E-state index contributed by atoms with van der Waals surface area (Å²) in [6.45, 7) is 1.89. The number of halogens is 5. The van der Waals surface area contributed by atoms with Crippen molar-refractivity contribution in [3.63, 3.8) is 0 Å². The molecule has 0 spiro atoms. The van der Waals surface area contributed by atoms with Crippen molar-refractivity contribution in [2.45, 2.75) is 23.6 Å². The molecule has 176 valence electrons. The van der Waals surface area contributed by atoms with E-state index in [0.717, 1.165) is 11.1 Å². The van der Waals surface area contributed by atoms with E-state index in [1.807, 2.05) is 19.1 Å². The van der Waals surface area contributed by atoms with Gasteiger partial charge in [0, 0.05) is 39.3 Å². The molecular weight excluding hydrogens is 538 g/mol. The molecule has 9 heteroatoms. The van der Waals surface area contributed by atoms with Gasteiger partial charge in [-0.15, -0.1) is 23.2 Å². The van der Waals surface area contributed by atoms with Crippen molar-refractivity contribution >= 4 is 81.1 Å². The van der Waals surface area contributed by atoms with Crippen LogP contribution in [0.1, 0.15) is 33.0 Å². The predicted molar refractivity (Wildman–Crippen MR) is 141 cm³/mol. The Morgan fingerprint density at radius 2 is 1.65 bits per heavy atom. The Morgan fingerprint density at radius 3 is 2.29 bits per heavy atom. The molecule has 1 aliphatic carbocycles. The smallest absolute Gasteiger partial charge is 0.231 e. The summed E-state index contributed by atoms with van der Waals surface area (Å²) in [6, 6.07) is 15.1. The summed E-state index contributed by atoms with van der Waals surface area (Å²) in [4.78, 5) is 26.0. The first-order valence-corrected chi connectivity index (χ1v) is 12.2. The number of hydrogen-bond acceptors (Lipinski definition) is 3. The van der Waals surface area contributed by atoms with Gasteiger partial charge in [0.05, 0.1) is 10.9 Å². The van der Waals surface area contributed by atoms with Crippen LogP contribution in [0.15, 0.2) is 54.6 Å². The number of anilines is 2. The minimum Gasteiger partial charge on any atom is -0.399 e. The van der Waals surface area contributed by atoms with Gasteiger partial charge >= 0.3 is 0 Å². The molecule has 3 N–H and O–H groups in total. The molecule has 1 fully saturated rings. The first kappa shape index (κ1) is 25.2. The zero-order chi connectivity index (χ0) is 24.8. The number of rotatable bonds is 6. The number of alkyl halides is 2. The van der Waals surface area contributed by atoms with Crippen LogP contribution in [0.5, 0.6) is 0 Å². The van der Waals surface area contributed by atoms with Gasteiger partial charge in [0.15, 0.2) is 5.78 Å². The maximum absolute atomic E-state index is 13.0.